The molecular weight excluding hydrogens is 372 g/mol. The lowest BCUT2D eigenvalue weighted by Crippen LogP contribution is -2.54. The van der Waals surface area contributed by atoms with Crippen LogP contribution in [0.2, 0.25) is 0 Å². The number of esters is 1. The highest BCUT2D eigenvalue weighted by molar-refractivity contribution is 5.87. The van der Waals surface area contributed by atoms with Gasteiger partial charge in [-0.3, -0.25) is 9.59 Å². The second-order valence-corrected chi connectivity index (χ2v) is 8.15. The van der Waals surface area contributed by atoms with Gasteiger partial charge in [-0.05, 0) is 30.0 Å². The highest BCUT2D eigenvalue weighted by Gasteiger charge is 2.58. The zero-order chi connectivity index (χ0) is 21.1. The average molecular weight is 399 g/mol. The molecule has 3 heteroatoms. The summed E-state index contributed by atoms with van der Waals surface area (Å²) in [4.78, 5) is 24.3. The molecular formula is C27H26O3. The smallest absolute Gasteiger partial charge is 0.303 e. The molecule has 0 radical (unpaired) electrons. The predicted octanol–water partition coefficient (Wildman–Crippen LogP) is 5.22. The first-order valence-electron chi connectivity index (χ1n) is 10.4. The van der Waals surface area contributed by atoms with Crippen molar-refractivity contribution in [2.75, 3.05) is 6.61 Å². The molecule has 4 rings (SSSR count). The van der Waals surface area contributed by atoms with Gasteiger partial charge < -0.3 is 4.74 Å². The molecule has 3 nitrogen and oxygen atoms in total. The molecule has 30 heavy (non-hydrogen) atoms. The topological polar surface area (TPSA) is 43.4 Å². The van der Waals surface area contributed by atoms with Gasteiger partial charge in [-0.25, -0.2) is 0 Å². The van der Waals surface area contributed by atoms with Crippen molar-refractivity contribution in [1.82, 2.24) is 0 Å². The Labute approximate surface area is 177 Å². The van der Waals surface area contributed by atoms with Crippen molar-refractivity contribution in [3.05, 3.63) is 107 Å². The molecule has 1 aliphatic rings. The molecule has 3 aromatic rings. The Balaban J connectivity index is 1.84. The van der Waals surface area contributed by atoms with Crippen LogP contribution in [-0.4, -0.2) is 18.4 Å². The molecule has 0 amide bonds. The Hall–Kier alpha value is -3.20. The molecule has 3 aromatic carbocycles. The second kappa shape index (κ2) is 8.27. The van der Waals surface area contributed by atoms with Crippen molar-refractivity contribution in [2.45, 2.75) is 31.6 Å². The van der Waals surface area contributed by atoms with Crippen molar-refractivity contribution < 1.29 is 14.3 Å². The first-order chi connectivity index (χ1) is 14.5. The van der Waals surface area contributed by atoms with E-state index in [-0.39, 0.29) is 29.6 Å². The number of carbonyl (C=O) groups excluding carboxylic acids is 2. The number of ether oxygens (including phenoxy) is 1. The van der Waals surface area contributed by atoms with Gasteiger partial charge in [-0.15, -0.1) is 0 Å². The summed E-state index contributed by atoms with van der Waals surface area (Å²) in [7, 11) is 0. The summed E-state index contributed by atoms with van der Waals surface area (Å²) in [6.07, 6.45) is 0.694. The van der Waals surface area contributed by atoms with Crippen molar-refractivity contribution in [3.63, 3.8) is 0 Å². The fourth-order valence-corrected chi connectivity index (χ4v) is 4.97. The van der Waals surface area contributed by atoms with Gasteiger partial charge in [-0.1, -0.05) is 90.5 Å². The molecule has 0 unspecified atom stereocenters. The molecule has 0 saturated heterocycles. The molecule has 1 fully saturated rings. The minimum atomic E-state index is -0.424. The molecule has 152 valence electrons. The van der Waals surface area contributed by atoms with E-state index in [4.69, 9.17) is 4.74 Å². The predicted molar refractivity (Wildman–Crippen MR) is 117 cm³/mol. The van der Waals surface area contributed by atoms with E-state index in [1.807, 2.05) is 12.1 Å². The lowest BCUT2D eigenvalue weighted by atomic mass is 9.46. The maximum atomic E-state index is 13.1. The summed E-state index contributed by atoms with van der Waals surface area (Å²) in [6, 6.07) is 29.3. The van der Waals surface area contributed by atoms with Crippen LogP contribution in [0.3, 0.4) is 0 Å². The van der Waals surface area contributed by atoms with Crippen molar-refractivity contribution in [1.29, 1.82) is 0 Å². The third-order valence-electron chi connectivity index (χ3n) is 6.29. The number of benzene rings is 3. The van der Waals surface area contributed by atoms with Gasteiger partial charge >= 0.3 is 5.97 Å². The van der Waals surface area contributed by atoms with E-state index < -0.39 is 5.97 Å². The van der Waals surface area contributed by atoms with Gasteiger partial charge in [0.25, 0.3) is 0 Å². The number of aryl methyl sites for hydroxylation is 1. The summed E-state index contributed by atoms with van der Waals surface area (Å²) in [5, 5.41) is 0. The summed E-state index contributed by atoms with van der Waals surface area (Å²) >= 11 is 0. The molecule has 0 aromatic heterocycles. The van der Waals surface area contributed by atoms with Crippen molar-refractivity contribution >= 4 is 11.8 Å². The van der Waals surface area contributed by atoms with Gasteiger partial charge in [-0.2, -0.15) is 0 Å². The number of ketones is 1. The van der Waals surface area contributed by atoms with Crippen LogP contribution in [-0.2, 0) is 19.7 Å². The zero-order valence-electron chi connectivity index (χ0n) is 17.4. The van der Waals surface area contributed by atoms with Crippen LogP contribution in [0.5, 0.6) is 0 Å². The van der Waals surface area contributed by atoms with Crippen molar-refractivity contribution in [3.8, 4) is 0 Å². The average Bonchev–Trinajstić information content (AvgIpc) is 2.73. The highest BCUT2D eigenvalue weighted by Crippen LogP contribution is 2.61. The number of carbonyl (C=O) groups is 2. The summed E-state index contributed by atoms with van der Waals surface area (Å²) in [5.41, 5.74) is 4.43. The quantitative estimate of drug-likeness (QED) is 0.535. The zero-order valence-corrected chi connectivity index (χ0v) is 17.4. The van der Waals surface area contributed by atoms with Crippen LogP contribution in [0.1, 0.15) is 41.5 Å². The van der Waals surface area contributed by atoms with E-state index in [1.165, 1.54) is 23.6 Å². The molecule has 0 N–H and O–H groups in total. The van der Waals surface area contributed by atoms with Gasteiger partial charge in [0.2, 0.25) is 0 Å². The monoisotopic (exact) mass is 398 g/mol. The third kappa shape index (κ3) is 3.56. The molecule has 0 spiro atoms. The van der Waals surface area contributed by atoms with Gasteiger partial charge in [0.15, 0.2) is 5.78 Å². The number of Topliss-reactive ketones (excluding diaryl/α,β-unsaturated/α-hetero) is 1. The van der Waals surface area contributed by atoms with E-state index in [9.17, 15) is 9.59 Å². The van der Waals surface area contributed by atoms with Crippen LogP contribution >= 0.6 is 0 Å². The normalized spacial score (nSPS) is 19.5. The molecule has 1 saturated carbocycles. The van der Waals surface area contributed by atoms with E-state index in [0.717, 1.165) is 5.56 Å². The molecule has 0 bridgehead atoms. The lowest BCUT2D eigenvalue weighted by Gasteiger charge is -2.56. The SMILES string of the molecule is CC(=O)OCC(=O)[C@@H]1CC(c2ccccc2)(c2ccccc2)[C@H]1c1cccc(C)c1. The minimum absolute atomic E-state index is 0.0146. The van der Waals surface area contributed by atoms with E-state index in [0.29, 0.717) is 6.42 Å². The summed E-state index contributed by atoms with van der Waals surface area (Å²) in [6.45, 7) is 3.25. The maximum Gasteiger partial charge on any atom is 0.303 e. The number of hydrogen-bond acceptors (Lipinski definition) is 3. The maximum absolute atomic E-state index is 13.1. The summed E-state index contributed by atoms with van der Waals surface area (Å²) in [5.74, 6) is -0.664. The fraction of sp³-hybridized carbons (Fsp3) is 0.259. The standard InChI is InChI=1S/C27H26O3/c1-19-10-9-11-21(16-19)26-24(25(29)18-30-20(2)28)17-27(26,22-12-5-3-6-13-22)23-14-7-4-8-15-23/h3-16,24,26H,17-18H2,1-2H3/t24-,26-/m0/s1. The van der Waals surface area contributed by atoms with E-state index >= 15 is 0 Å². The van der Waals surface area contributed by atoms with Gasteiger partial charge in [0, 0.05) is 24.2 Å². The van der Waals surface area contributed by atoms with Crippen LogP contribution in [0.15, 0.2) is 84.9 Å². The second-order valence-electron chi connectivity index (χ2n) is 8.15. The molecule has 2 atom stereocenters. The first-order valence-corrected chi connectivity index (χ1v) is 10.4. The van der Waals surface area contributed by atoms with Crippen LogP contribution in [0.25, 0.3) is 0 Å². The van der Waals surface area contributed by atoms with Gasteiger partial charge in [0.05, 0.1) is 0 Å². The minimum Gasteiger partial charge on any atom is -0.458 e. The Morgan fingerprint density at radius 2 is 1.50 bits per heavy atom. The van der Waals surface area contributed by atoms with E-state index in [2.05, 4.69) is 79.7 Å². The number of rotatable bonds is 6. The number of hydrogen-bond donors (Lipinski definition) is 0. The van der Waals surface area contributed by atoms with Crippen LogP contribution < -0.4 is 0 Å². The Morgan fingerprint density at radius 3 is 2.03 bits per heavy atom. The fourth-order valence-electron chi connectivity index (χ4n) is 4.97. The van der Waals surface area contributed by atoms with Crippen LogP contribution in [0, 0.1) is 12.8 Å². The first kappa shape index (κ1) is 20.1. The Kier molecular flexibility index (Phi) is 5.54. The summed E-state index contributed by atoms with van der Waals surface area (Å²) < 4.78 is 5.06. The van der Waals surface area contributed by atoms with Gasteiger partial charge in [0.1, 0.15) is 6.61 Å². The van der Waals surface area contributed by atoms with E-state index in [1.54, 1.807) is 0 Å². The molecule has 1 aliphatic carbocycles. The largest absolute Gasteiger partial charge is 0.458 e. The lowest BCUT2D eigenvalue weighted by molar-refractivity contribution is -0.148. The Bertz CT molecular complexity index is 1000. The highest BCUT2D eigenvalue weighted by atomic mass is 16.5. The van der Waals surface area contributed by atoms with Crippen LogP contribution in [0.4, 0.5) is 0 Å². The molecule has 0 aliphatic heterocycles. The molecule has 0 heterocycles. The third-order valence-corrected chi connectivity index (χ3v) is 6.29. The Morgan fingerprint density at radius 1 is 0.900 bits per heavy atom. The van der Waals surface area contributed by atoms with Crippen molar-refractivity contribution in [2.24, 2.45) is 5.92 Å².